The average Bonchev–Trinajstić information content (AvgIpc) is 3.55. The molecule has 10 nitrogen and oxygen atoms in total. The molecule has 0 saturated heterocycles. The number of pyridine rings is 1. The van der Waals surface area contributed by atoms with Crippen LogP contribution < -0.4 is 21.1 Å². The van der Waals surface area contributed by atoms with E-state index in [1.165, 1.54) is 10.3 Å². The van der Waals surface area contributed by atoms with Crippen LogP contribution in [0.4, 0.5) is 17.2 Å². The summed E-state index contributed by atoms with van der Waals surface area (Å²) in [5.41, 5.74) is 6.37. The third-order valence-electron chi connectivity index (χ3n) is 8.01. The van der Waals surface area contributed by atoms with Gasteiger partial charge in [-0.15, -0.1) is 0 Å². The van der Waals surface area contributed by atoms with E-state index in [1.807, 2.05) is 54.5 Å². The summed E-state index contributed by atoms with van der Waals surface area (Å²) in [6.07, 6.45) is 9.63. The molecule has 208 valence electrons. The molecule has 0 saturated carbocycles. The number of aryl methyl sites for hydroxylation is 1. The number of anilines is 3. The van der Waals surface area contributed by atoms with E-state index in [1.54, 1.807) is 13.2 Å². The van der Waals surface area contributed by atoms with E-state index in [0.29, 0.717) is 18.1 Å². The molecule has 6 rings (SSSR count). The van der Waals surface area contributed by atoms with Crippen molar-refractivity contribution in [3.05, 3.63) is 81.8 Å². The highest BCUT2D eigenvalue weighted by molar-refractivity contribution is 6.11. The van der Waals surface area contributed by atoms with Crippen LogP contribution in [0.3, 0.4) is 0 Å². The van der Waals surface area contributed by atoms with Crippen molar-refractivity contribution in [2.75, 3.05) is 36.9 Å². The van der Waals surface area contributed by atoms with E-state index in [2.05, 4.69) is 25.5 Å². The van der Waals surface area contributed by atoms with E-state index in [4.69, 9.17) is 0 Å². The molecule has 0 bridgehead atoms. The normalized spacial score (nSPS) is 16.8. The van der Waals surface area contributed by atoms with Gasteiger partial charge in [0.05, 0.1) is 13.2 Å². The number of Topliss-reactive ketones (excluding diaryl/α,β-unsaturated/α-hetero) is 1. The summed E-state index contributed by atoms with van der Waals surface area (Å²) < 4.78 is 3.35. The summed E-state index contributed by atoms with van der Waals surface area (Å²) in [7, 11) is 3.61. The van der Waals surface area contributed by atoms with Gasteiger partial charge in [-0.1, -0.05) is 12.1 Å². The van der Waals surface area contributed by atoms with Gasteiger partial charge in [0.1, 0.15) is 11.4 Å². The third-order valence-corrected chi connectivity index (χ3v) is 8.01. The number of carbonyl (C=O) groups excluding carboxylic acids is 1. The monoisotopic (exact) mass is 541 g/mol. The fourth-order valence-electron chi connectivity index (χ4n) is 5.99. The van der Waals surface area contributed by atoms with Gasteiger partial charge in [-0.3, -0.25) is 14.3 Å². The summed E-state index contributed by atoms with van der Waals surface area (Å²) in [5, 5.41) is 21.4. The fourth-order valence-corrected chi connectivity index (χ4v) is 5.99. The molecule has 0 radical (unpaired) electrons. The van der Waals surface area contributed by atoms with Crippen molar-refractivity contribution in [1.82, 2.24) is 24.6 Å². The summed E-state index contributed by atoms with van der Waals surface area (Å²) in [4.78, 5) is 30.5. The van der Waals surface area contributed by atoms with Crippen molar-refractivity contribution < 1.29 is 9.90 Å². The molecule has 1 aromatic carbocycles. The molecule has 3 N–H and O–H groups in total. The van der Waals surface area contributed by atoms with E-state index >= 15 is 0 Å². The lowest BCUT2D eigenvalue weighted by Crippen LogP contribution is -2.37. The third kappa shape index (κ3) is 4.63. The van der Waals surface area contributed by atoms with Crippen LogP contribution in [-0.2, 0) is 25.0 Å². The van der Waals surface area contributed by atoms with Crippen molar-refractivity contribution in [2.45, 2.75) is 38.8 Å². The first-order valence-electron chi connectivity index (χ1n) is 13.9. The Morgan fingerprint density at radius 2 is 1.95 bits per heavy atom. The maximum Gasteiger partial charge on any atom is 0.274 e. The molecule has 2 aromatic heterocycles. The minimum atomic E-state index is -0.181. The van der Waals surface area contributed by atoms with Gasteiger partial charge in [0, 0.05) is 79.4 Å². The van der Waals surface area contributed by atoms with Crippen molar-refractivity contribution in [3.8, 4) is 11.1 Å². The minimum absolute atomic E-state index is 0.142. The summed E-state index contributed by atoms with van der Waals surface area (Å²) in [6.45, 7) is 2.77. The molecule has 10 heteroatoms. The number of hydrogen-bond acceptors (Lipinski definition) is 8. The van der Waals surface area contributed by atoms with Gasteiger partial charge < -0.3 is 30.1 Å². The number of allylic oxidation sites excluding steroid dienone is 2. The molecule has 0 spiro atoms. The zero-order chi connectivity index (χ0) is 27.8. The van der Waals surface area contributed by atoms with Crippen LogP contribution in [0.5, 0.6) is 0 Å². The van der Waals surface area contributed by atoms with Gasteiger partial charge in [-0.2, -0.15) is 5.10 Å². The highest BCUT2D eigenvalue weighted by Gasteiger charge is 2.38. The summed E-state index contributed by atoms with van der Waals surface area (Å²) >= 11 is 0. The largest absolute Gasteiger partial charge is 0.392 e. The zero-order valence-corrected chi connectivity index (χ0v) is 23.0. The van der Waals surface area contributed by atoms with Crippen LogP contribution in [-0.4, -0.2) is 56.8 Å². The number of benzene rings is 1. The number of likely N-dealkylation sites (N-methyl/N-ethyl adjacent to an activating group) is 1. The maximum absolute atomic E-state index is 13.2. The fraction of sp³-hybridized carbons (Fsp3) is 0.367. The first-order chi connectivity index (χ1) is 19.5. The van der Waals surface area contributed by atoms with Gasteiger partial charge in [0.2, 0.25) is 5.78 Å². The Bertz CT molecular complexity index is 1580. The van der Waals surface area contributed by atoms with Gasteiger partial charge >= 0.3 is 0 Å². The summed E-state index contributed by atoms with van der Waals surface area (Å²) in [6, 6.07) is 9.53. The average molecular weight is 542 g/mol. The van der Waals surface area contributed by atoms with E-state index in [-0.39, 0.29) is 17.9 Å². The first kappa shape index (κ1) is 26.1. The number of rotatable bonds is 8. The Kier molecular flexibility index (Phi) is 7.03. The van der Waals surface area contributed by atoms with Crippen molar-refractivity contribution in [3.63, 3.8) is 0 Å². The Labute approximate surface area is 233 Å². The van der Waals surface area contributed by atoms with Crippen molar-refractivity contribution in [2.24, 2.45) is 7.05 Å². The second kappa shape index (κ2) is 10.8. The van der Waals surface area contributed by atoms with E-state index in [9.17, 15) is 14.7 Å². The zero-order valence-electron chi connectivity index (χ0n) is 23.0. The Hall–Kier alpha value is -4.15. The highest BCUT2D eigenvalue weighted by atomic mass is 16.3. The number of aliphatic hydroxyl groups is 1. The molecule has 2 aliphatic heterocycles. The number of carbonyl (C=O) groups is 1. The second-order valence-electron chi connectivity index (χ2n) is 10.5. The molecule has 0 atom stereocenters. The van der Waals surface area contributed by atoms with Crippen LogP contribution >= 0.6 is 0 Å². The first-order valence-corrected chi connectivity index (χ1v) is 13.9. The summed E-state index contributed by atoms with van der Waals surface area (Å²) in [5.74, 6) is 0.729. The highest BCUT2D eigenvalue weighted by Crippen LogP contribution is 2.41. The molecule has 0 fully saturated rings. The molecular formula is C30H35N7O3. The minimum Gasteiger partial charge on any atom is -0.392 e. The van der Waals surface area contributed by atoms with Gasteiger partial charge in [-0.05, 0) is 50.4 Å². The van der Waals surface area contributed by atoms with Crippen LogP contribution in [0, 0.1) is 0 Å². The number of aliphatic hydroxyl groups excluding tert-OH is 1. The molecule has 0 unspecified atom stereocenters. The molecule has 40 heavy (non-hydrogen) atoms. The molecule has 4 heterocycles. The van der Waals surface area contributed by atoms with Gasteiger partial charge in [0.15, 0.2) is 5.82 Å². The van der Waals surface area contributed by atoms with Crippen LogP contribution in [0.25, 0.3) is 11.1 Å². The molecule has 1 aliphatic carbocycles. The quantitative estimate of drug-likeness (QED) is 0.400. The molecular weight excluding hydrogens is 506 g/mol. The number of aromatic nitrogens is 3. The van der Waals surface area contributed by atoms with Gasteiger partial charge in [-0.25, -0.2) is 0 Å². The predicted molar refractivity (Wildman–Crippen MR) is 155 cm³/mol. The lowest BCUT2D eigenvalue weighted by Gasteiger charge is -2.35. The lowest BCUT2D eigenvalue weighted by atomic mass is 9.96. The number of fused-ring (bicyclic) bond motifs is 2. The van der Waals surface area contributed by atoms with E-state index < -0.39 is 0 Å². The molecule has 3 aliphatic rings. The SMILES string of the molecule is CNCCn1ccc(Nc2cc(-c3cccc(N4C=C5C(=O)C6=C(CCCC6)N5CC4)c3CO)cn(C)c2=O)n1. The Morgan fingerprint density at radius 3 is 2.77 bits per heavy atom. The van der Waals surface area contributed by atoms with Crippen LogP contribution in [0.15, 0.2) is 70.7 Å². The smallest absolute Gasteiger partial charge is 0.274 e. The van der Waals surface area contributed by atoms with Crippen LogP contribution in [0.1, 0.15) is 31.2 Å². The predicted octanol–water partition coefficient (Wildman–Crippen LogP) is 3.08. The number of ketones is 1. The lowest BCUT2D eigenvalue weighted by molar-refractivity contribution is -0.112. The van der Waals surface area contributed by atoms with Crippen molar-refractivity contribution in [1.29, 1.82) is 0 Å². The Balaban J connectivity index is 1.33. The maximum atomic E-state index is 13.2. The molecule has 3 aromatic rings. The molecule has 0 amide bonds. The number of nitrogens with zero attached hydrogens (tertiary/aromatic N) is 5. The van der Waals surface area contributed by atoms with Crippen LogP contribution in [0.2, 0.25) is 0 Å². The Morgan fingerprint density at radius 1 is 1.10 bits per heavy atom. The standard InChI is InChI=1S/C30H35N7O3/c1-31-11-13-36-12-10-28(33-36)32-24-16-20(17-34(2)30(24)40)21-7-5-9-25(23(21)19-38)35-14-15-37-26-8-4-3-6-22(26)29(39)27(37)18-35/h5,7,9-10,12,16-18,31,38H,3-4,6,8,11,13-15,19H2,1-2H3,(H,32,33). The van der Waals surface area contributed by atoms with E-state index in [0.717, 1.165) is 79.0 Å². The van der Waals surface area contributed by atoms with Crippen molar-refractivity contribution >= 4 is 23.0 Å². The topological polar surface area (TPSA) is 108 Å². The van der Waals surface area contributed by atoms with Gasteiger partial charge in [0.25, 0.3) is 5.56 Å². The number of hydrogen-bond donors (Lipinski definition) is 3. The number of nitrogens with one attached hydrogen (secondary N) is 2. The second-order valence-corrected chi connectivity index (χ2v) is 10.5.